The normalized spacial score (nSPS) is 15.4. The lowest BCUT2D eigenvalue weighted by molar-refractivity contribution is -0.124. The van der Waals surface area contributed by atoms with Gasteiger partial charge in [-0.2, -0.15) is 0 Å². The number of carbonyl (C=O) groups is 2. The summed E-state index contributed by atoms with van der Waals surface area (Å²) < 4.78 is 40.9. The van der Waals surface area contributed by atoms with Crippen LogP contribution in [0.15, 0.2) is 36.4 Å². The Morgan fingerprint density at radius 3 is 2.73 bits per heavy atom. The fourth-order valence-electron chi connectivity index (χ4n) is 2.63. The lowest BCUT2D eigenvalue weighted by Gasteiger charge is -2.26. The molecule has 0 radical (unpaired) electrons. The quantitative estimate of drug-likeness (QED) is 0.542. The van der Waals surface area contributed by atoms with Crippen LogP contribution in [0.4, 0.5) is 0 Å². The number of para-hydroxylation sites is 2. The van der Waals surface area contributed by atoms with Crippen LogP contribution in [0.5, 0.6) is 11.5 Å². The van der Waals surface area contributed by atoms with Gasteiger partial charge in [-0.1, -0.05) is 12.1 Å². The van der Waals surface area contributed by atoms with E-state index in [0.717, 1.165) is 11.1 Å². The molecular formula is C19H22N2O7S2. The number of sulfonamides is 1. The predicted molar refractivity (Wildman–Crippen MR) is 111 cm³/mol. The molecule has 1 unspecified atom stereocenters. The monoisotopic (exact) mass is 454 g/mol. The van der Waals surface area contributed by atoms with Gasteiger partial charge in [0.25, 0.3) is 5.91 Å². The van der Waals surface area contributed by atoms with Gasteiger partial charge in [-0.05, 0) is 30.7 Å². The van der Waals surface area contributed by atoms with Crippen LogP contribution in [0.25, 0.3) is 0 Å². The van der Waals surface area contributed by atoms with Crippen molar-refractivity contribution >= 4 is 33.2 Å². The van der Waals surface area contributed by atoms with Gasteiger partial charge in [0.05, 0.1) is 12.8 Å². The largest absolute Gasteiger partial charge is 0.486 e. The van der Waals surface area contributed by atoms with Crippen molar-refractivity contribution in [3.05, 3.63) is 46.2 Å². The molecule has 3 rings (SSSR count). The standard InChI is InChI=1S/C19H22N2O7S2/c1-30(24,25)21-9-8-14-6-7-17(29-14)19(23)27-12-18(22)20-10-13-11-26-15-4-2-3-5-16(15)28-13/h2-7,13,21H,8-12H2,1H3,(H,20,22). The number of ether oxygens (including phenoxy) is 3. The Kier molecular flexibility index (Phi) is 7.29. The molecule has 162 valence electrons. The van der Waals surface area contributed by atoms with Crippen molar-refractivity contribution in [1.29, 1.82) is 0 Å². The van der Waals surface area contributed by atoms with Crippen molar-refractivity contribution in [3.63, 3.8) is 0 Å². The molecule has 11 heteroatoms. The lowest BCUT2D eigenvalue weighted by atomic mass is 10.2. The van der Waals surface area contributed by atoms with Crippen molar-refractivity contribution in [2.45, 2.75) is 12.5 Å². The number of hydrogen-bond donors (Lipinski definition) is 2. The summed E-state index contributed by atoms with van der Waals surface area (Å²) >= 11 is 1.20. The fourth-order valence-corrected chi connectivity index (χ4v) is 4.00. The minimum atomic E-state index is -3.25. The second-order valence-electron chi connectivity index (χ2n) is 6.56. The Morgan fingerprint density at radius 2 is 1.97 bits per heavy atom. The first-order chi connectivity index (χ1) is 14.3. The van der Waals surface area contributed by atoms with E-state index in [0.29, 0.717) is 29.4 Å². The molecule has 0 aliphatic carbocycles. The third-order valence-electron chi connectivity index (χ3n) is 4.03. The zero-order chi connectivity index (χ0) is 21.6. The summed E-state index contributed by atoms with van der Waals surface area (Å²) in [7, 11) is -3.25. The minimum absolute atomic E-state index is 0.223. The molecule has 2 N–H and O–H groups in total. The average molecular weight is 455 g/mol. The van der Waals surface area contributed by atoms with Gasteiger partial charge in [-0.15, -0.1) is 11.3 Å². The summed E-state index contributed by atoms with van der Waals surface area (Å²) in [6.45, 7) is 0.365. The Hall–Kier alpha value is -2.63. The second-order valence-corrected chi connectivity index (χ2v) is 9.56. The van der Waals surface area contributed by atoms with Gasteiger partial charge in [0.2, 0.25) is 10.0 Å². The van der Waals surface area contributed by atoms with Crippen LogP contribution in [0, 0.1) is 0 Å². The molecule has 30 heavy (non-hydrogen) atoms. The highest BCUT2D eigenvalue weighted by Crippen LogP contribution is 2.30. The van der Waals surface area contributed by atoms with E-state index < -0.39 is 28.5 Å². The predicted octanol–water partition coefficient (Wildman–Crippen LogP) is 0.953. The molecule has 2 aromatic rings. The molecule has 0 spiro atoms. The molecule has 1 aliphatic rings. The van der Waals surface area contributed by atoms with Crippen LogP contribution in [0.1, 0.15) is 14.5 Å². The number of hydrogen-bond acceptors (Lipinski definition) is 8. The highest BCUT2D eigenvalue weighted by molar-refractivity contribution is 7.88. The van der Waals surface area contributed by atoms with Gasteiger partial charge in [0.1, 0.15) is 17.6 Å². The maximum atomic E-state index is 12.1. The van der Waals surface area contributed by atoms with Gasteiger partial charge in [-0.3, -0.25) is 4.79 Å². The first-order valence-corrected chi connectivity index (χ1v) is 11.9. The van der Waals surface area contributed by atoms with Crippen molar-refractivity contribution in [2.75, 3.05) is 32.6 Å². The number of amides is 1. The topological polar surface area (TPSA) is 120 Å². The van der Waals surface area contributed by atoms with E-state index in [1.165, 1.54) is 11.3 Å². The molecular weight excluding hydrogens is 432 g/mol. The summed E-state index contributed by atoms with van der Waals surface area (Å²) in [5.74, 6) is 0.231. The molecule has 1 aromatic heterocycles. The number of esters is 1. The van der Waals surface area contributed by atoms with Gasteiger partial charge >= 0.3 is 5.97 Å². The van der Waals surface area contributed by atoms with Crippen LogP contribution in [0.3, 0.4) is 0 Å². The SMILES string of the molecule is CS(=O)(=O)NCCc1ccc(C(=O)OCC(=O)NCC2COc3ccccc3O2)s1. The smallest absolute Gasteiger partial charge is 0.348 e. The van der Waals surface area contributed by atoms with Crippen LogP contribution >= 0.6 is 11.3 Å². The molecule has 0 bridgehead atoms. The van der Waals surface area contributed by atoms with Crippen LogP contribution in [-0.4, -0.2) is 59.0 Å². The fraction of sp³-hybridized carbons (Fsp3) is 0.368. The van der Waals surface area contributed by atoms with E-state index in [-0.39, 0.29) is 19.2 Å². The van der Waals surface area contributed by atoms with E-state index in [1.807, 2.05) is 18.2 Å². The molecule has 1 atom stereocenters. The summed E-state index contributed by atoms with van der Waals surface area (Å²) in [4.78, 5) is 25.2. The third kappa shape index (κ3) is 6.71. The number of benzene rings is 1. The van der Waals surface area contributed by atoms with E-state index in [4.69, 9.17) is 14.2 Å². The average Bonchev–Trinajstić information content (AvgIpc) is 3.18. The van der Waals surface area contributed by atoms with Gasteiger partial charge in [-0.25, -0.2) is 17.9 Å². The third-order valence-corrected chi connectivity index (χ3v) is 5.88. The van der Waals surface area contributed by atoms with Crippen molar-refractivity contribution in [3.8, 4) is 11.5 Å². The zero-order valence-corrected chi connectivity index (χ0v) is 17.9. The summed E-state index contributed by atoms with van der Waals surface area (Å²) in [5, 5.41) is 2.65. The Balaban J connectivity index is 1.37. The summed E-state index contributed by atoms with van der Waals surface area (Å²) in [5.41, 5.74) is 0. The molecule has 9 nitrogen and oxygen atoms in total. The van der Waals surface area contributed by atoms with E-state index in [2.05, 4.69) is 10.0 Å². The van der Waals surface area contributed by atoms with E-state index >= 15 is 0 Å². The summed E-state index contributed by atoms with van der Waals surface area (Å²) in [6.07, 6.45) is 1.21. The van der Waals surface area contributed by atoms with Crippen LogP contribution in [0.2, 0.25) is 0 Å². The molecule has 0 fully saturated rings. The number of thiophene rings is 1. The molecule has 0 saturated heterocycles. The van der Waals surface area contributed by atoms with Crippen molar-refractivity contribution in [1.82, 2.24) is 10.0 Å². The Labute approximate surface area is 178 Å². The van der Waals surface area contributed by atoms with Crippen molar-refractivity contribution < 1.29 is 32.2 Å². The molecule has 1 aromatic carbocycles. The first-order valence-electron chi connectivity index (χ1n) is 9.16. The van der Waals surface area contributed by atoms with E-state index in [9.17, 15) is 18.0 Å². The zero-order valence-electron chi connectivity index (χ0n) is 16.3. The highest BCUT2D eigenvalue weighted by Gasteiger charge is 2.21. The number of nitrogens with one attached hydrogen (secondary N) is 2. The Bertz CT molecular complexity index is 1000. The van der Waals surface area contributed by atoms with E-state index in [1.54, 1.807) is 18.2 Å². The molecule has 1 amide bonds. The van der Waals surface area contributed by atoms with Crippen LogP contribution in [-0.2, 0) is 26.0 Å². The molecule has 2 heterocycles. The minimum Gasteiger partial charge on any atom is -0.486 e. The Morgan fingerprint density at radius 1 is 1.20 bits per heavy atom. The maximum Gasteiger partial charge on any atom is 0.348 e. The number of rotatable bonds is 9. The van der Waals surface area contributed by atoms with Gasteiger partial charge < -0.3 is 19.5 Å². The van der Waals surface area contributed by atoms with Crippen molar-refractivity contribution in [2.24, 2.45) is 0 Å². The first kappa shape index (κ1) is 22.1. The van der Waals surface area contributed by atoms with Crippen LogP contribution < -0.4 is 19.5 Å². The lowest BCUT2D eigenvalue weighted by Crippen LogP contribution is -2.42. The maximum absolute atomic E-state index is 12.1. The second kappa shape index (κ2) is 9.92. The number of carbonyl (C=O) groups excluding carboxylic acids is 2. The molecule has 1 aliphatic heterocycles. The summed E-state index contributed by atoms with van der Waals surface area (Å²) in [6, 6.07) is 10.6. The molecule has 0 saturated carbocycles. The highest BCUT2D eigenvalue weighted by atomic mass is 32.2. The number of fused-ring (bicyclic) bond motifs is 1. The van der Waals surface area contributed by atoms with Gasteiger partial charge in [0.15, 0.2) is 18.1 Å². The van der Waals surface area contributed by atoms with Gasteiger partial charge in [0, 0.05) is 11.4 Å².